The second-order valence-electron chi connectivity index (χ2n) is 6.90. The monoisotopic (exact) mass is 493 g/mol. The number of benzene rings is 2. The highest BCUT2D eigenvalue weighted by Gasteiger charge is 2.13. The van der Waals surface area contributed by atoms with Crippen molar-refractivity contribution >= 4 is 27.7 Å². The average molecular weight is 494 g/mol. The van der Waals surface area contributed by atoms with Crippen LogP contribution in [0.1, 0.15) is 16.1 Å². The van der Waals surface area contributed by atoms with Crippen LogP contribution in [0.15, 0.2) is 88.3 Å². The lowest BCUT2D eigenvalue weighted by Gasteiger charge is -2.11. The number of ether oxygens (including phenoxy) is 1. The molecule has 32 heavy (non-hydrogen) atoms. The first kappa shape index (κ1) is 21.5. The third-order valence-corrected chi connectivity index (χ3v) is 5.09. The first-order valence-corrected chi connectivity index (χ1v) is 10.7. The van der Waals surface area contributed by atoms with Crippen molar-refractivity contribution in [3.63, 3.8) is 0 Å². The SMILES string of the molecule is O=C(Nc1ccnn1Cc1cccc(Br)c1)c1ccc(=O)n(CCOc2ccccc2)n1. The molecule has 4 rings (SSSR count). The highest BCUT2D eigenvalue weighted by atomic mass is 79.9. The summed E-state index contributed by atoms with van der Waals surface area (Å²) in [6.07, 6.45) is 1.61. The van der Waals surface area contributed by atoms with Gasteiger partial charge >= 0.3 is 0 Å². The minimum atomic E-state index is -0.432. The second kappa shape index (κ2) is 10.1. The Labute approximate surface area is 192 Å². The van der Waals surface area contributed by atoms with Crippen molar-refractivity contribution in [1.82, 2.24) is 19.6 Å². The Morgan fingerprint density at radius 3 is 2.66 bits per heavy atom. The van der Waals surface area contributed by atoms with E-state index in [4.69, 9.17) is 4.74 Å². The van der Waals surface area contributed by atoms with E-state index in [9.17, 15) is 9.59 Å². The summed E-state index contributed by atoms with van der Waals surface area (Å²) in [5.74, 6) is 0.800. The molecule has 0 spiro atoms. The molecule has 0 saturated heterocycles. The van der Waals surface area contributed by atoms with E-state index >= 15 is 0 Å². The summed E-state index contributed by atoms with van der Waals surface area (Å²) in [6.45, 7) is 0.961. The second-order valence-corrected chi connectivity index (χ2v) is 7.82. The van der Waals surface area contributed by atoms with E-state index in [0.717, 1.165) is 10.0 Å². The molecule has 0 aliphatic carbocycles. The van der Waals surface area contributed by atoms with Gasteiger partial charge in [-0.25, -0.2) is 9.36 Å². The van der Waals surface area contributed by atoms with Gasteiger partial charge in [0.1, 0.15) is 23.9 Å². The summed E-state index contributed by atoms with van der Waals surface area (Å²) in [5.41, 5.74) is 0.848. The molecule has 9 heteroatoms. The van der Waals surface area contributed by atoms with E-state index in [-0.39, 0.29) is 24.4 Å². The molecule has 0 atom stereocenters. The zero-order valence-electron chi connectivity index (χ0n) is 17.0. The number of halogens is 1. The number of amides is 1. The molecule has 0 unspecified atom stereocenters. The molecule has 0 radical (unpaired) electrons. The molecular weight excluding hydrogens is 474 g/mol. The summed E-state index contributed by atoms with van der Waals surface area (Å²) in [4.78, 5) is 24.9. The number of carbonyl (C=O) groups is 1. The van der Waals surface area contributed by atoms with Crippen molar-refractivity contribution in [2.75, 3.05) is 11.9 Å². The van der Waals surface area contributed by atoms with Crippen molar-refractivity contribution in [3.8, 4) is 5.75 Å². The van der Waals surface area contributed by atoms with Crippen molar-refractivity contribution in [2.45, 2.75) is 13.1 Å². The fourth-order valence-corrected chi connectivity index (χ4v) is 3.50. The van der Waals surface area contributed by atoms with E-state index in [1.807, 2.05) is 54.6 Å². The van der Waals surface area contributed by atoms with E-state index in [0.29, 0.717) is 18.1 Å². The number of hydrogen-bond acceptors (Lipinski definition) is 5. The Morgan fingerprint density at radius 1 is 1.00 bits per heavy atom. The van der Waals surface area contributed by atoms with Gasteiger partial charge in [-0.2, -0.15) is 10.2 Å². The minimum Gasteiger partial charge on any atom is -0.492 e. The first-order chi connectivity index (χ1) is 15.6. The third-order valence-electron chi connectivity index (χ3n) is 4.59. The molecule has 1 N–H and O–H groups in total. The summed E-state index contributed by atoms with van der Waals surface area (Å²) >= 11 is 3.45. The van der Waals surface area contributed by atoms with Crippen molar-refractivity contribution in [1.29, 1.82) is 0 Å². The number of hydrogen-bond donors (Lipinski definition) is 1. The Balaban J connectivity index is 1.42. The van der Waals surface area contributed by atoms with Crippen LogP contribution in [0, 0.1) is 0 Å². The summed E-state index contributed by atoms with van der Waals surface area (Å²) in [6, 6.07) is 21.6. The van der Waals surface area contributed by atoms with Gasteiger partial charge in [-0.1, -0.05) is 46.3 Å². The van der Waals surface area contributed by atoms with Crippen LogP contribution in [0.25, 0.3) is 0 Å². The van der Waals surface area contributed by atoms with E-state index in [1.54, 1.807) is 16.9 Å². The molecule has 162 valence electrons. The van der Waals surface area contributed by atoms with Gasteiger partial charge in [0, 0.05) is 16.6 Å². The molecule has 4 aromatic rings. The van der Waals surface area contributed by atoms with Crippen LogP contribution in [0.4, 0.5) is 5.82 Å². The largest absolute Gasteiger partial charge is 0.492 e. The van der Waals surface area contributed by atoms with E-state index < -0.39 is 5.91 Å². The summed E-state index contributed by atoms with van der Waals surface area (Å²) < 4.78 is 9.49. The zero-order valence-corrected chi connectivity index (χ0v) is 18.6. The highest BCUT2D eigenvalue weighted by molar-refractivity contribution is 9.10. The van der Waals surface area contributed by atoms with Gasteiger partial charge in [-0.15, -0.1) is 0 Å². The minimum absolute atomic E-state index is 0.125. The number of anilines is 1. The predicted octanol–water partition coefficient (Wildman–Crippen LogP) is 3.58. The smallest absolute Gasteiger partial charge is 0.277 e. The van der Waals surface area contributed by atoms with E-state index in [2.05, 4.69) is 31.4 Å². The van der Waals surface area contributed by atoms with Crippen molar-refractivity contribution in [2.24, 2.45) is 0 Å². The van der Waals surface area contributed by atoms with Gasteiger partial charge in [-0.3, -0.25) is 9.59 Å². The lowest BCUT2D eigenvalue weighted by atomic mass is 10.2. The summed E-state index contributed by atoms with van der Waals surface area (Å²) in [5, 5.41) is 11.3. The third kappa shape index (κ3) is 5.50. The van der Waals surface area contributed by atoms with Crippen LogP contribution in [0.3, 0.4) is 0 Å². The topological polar surface area (TPSA) is 91.0 Å². The van der Waals surface area contributed by atoms with Crippen molar-refractivity contribution < 1.29 is 9.53 Å². The molecule has 0 fully saturated rings. The highest BCUT2D eigenvalue weighted by Crippen LogP contribution is 2.15. The fraction of sp³-hybridized carbons (Fsp3) is 0.130. The normalized spacial score (nSPS) is 10.7. The number of rotatable bonds is 8. The van der Waals surface area contributed by atoms with Crippen LogP contribution in [0.5, 0.6) is 5.75 Å². The van der Waals surface area contributed by atoms with Gasteiger partial charge in [0.15, 0.2) is 0 Å². The Morgan fingerprint density at radius 2 is 1.84 bits per heavy atom. The van der Waals surface area contributed by atoms with Crippen LogP contribution < -0.4 is 15.6 Å². The van der Waals surface area contributed by atoms with Crippen LogP contribution in [-0.4, -0.2) is 32.1 Å². The number of aromatic nitrogens is 4. The summed E-state index contributed by atoms with van der Waals surface area (Å²) in [7, 11) is 0. The van der Waals surface area contributed by atoms with E-state index in [1.165, 1.54) is 16.8 Å². The number of carbonyl (C=O) groups excluding carboxylic acids is 1. The van der Waals surface area contributed by atoms with Gasteiger partial charge in [0.05, 0.1) is 19.3 Å². The quantitative estimate of drug-likeness (QED) is 0.405. The molecule has 1 amide bonds. The lowest BCUT2D eigenvalue weighted by molar-refractivity contribution is 0.101. The molecule has 2 heterocycles. The molecule has 2 aromatic heterocycles. The molecule has 8 nitrogen and oxygen atoms in total. The average Bonchev–Trinajstić information content (AvgIpc) is 3.22. The lowest BCUT2D eigenvalue weighted by Crippen LogP contribution is -2.28. The number of nitrogens with one attached hydrogen (secondary N) is 1. The van der Waals surface area contributed by atoms with Crippen LogP contribution in [-0.2, 0) is 13.1 Å². The maximum absolute atomic E-state index is 12.8. The maximum atomic E-state index is 12.8. The van der Waals surface area contributed by atoms with Crippen LogP contribution >= 0.6 is 15.9 Å². The molecule has 0 saturated carbocycles. The molecule has 0 aliphatic heterocycles. The Bertz CT molecular complexity index is 1270. The Hall–Kier alpha value is -3.72. The fourth-order valence-electron chi connectivity index (χ4n) is 3.05. The van der Waals surface area contributed by atoms with Gasteiger partial charge in [-0.05, 0) is 35.9 Å². The molecular formula is C23H20BrN5O3. The molecule has 0 bridgehead atoms. The van der Waals surface area contributed by atoms with Crippen molar-refractivity contribution in [3.05, 3.63) is 105 Å². The maximum Gasteiger partial charge on any atom is 0.277 e. The number of nitrogens with zero attached hydrogens (tertiary/aromatic N) is 4. The van der Waals surface area contributed by atoms with Crippen LogP contribution in [0.2, 0.25) is 0 Å². The zero-order chi connectivity index (χ0) is 22.3. The first-order valence-electron chi connectivity index (χ1n) is 9.92. The van der Waals surface area contributed by atoms with Gasteiger partial charge in [0.2, 0.25) is 0 Å². The Kier molecular flexibility index (Phi) is 6.76. The molecule has 2 aromatic carbocycles. The van der Waals surface area contributed by atoms with Gasteiger partial charge < -0.3 is 10.1 Å². The standard InChI is InChI=1S/C23H20BrN5O3/c24-18-6-4-5-17(15-18)16-29-21(11-12-25-29)26-23(31)20-9-10-22(30)28(27-20)13-14-32-19-7-2-1-3-8-19/h1-12,15H,13-14,16H2,(H,26,31). The predicted molar refractivity (Wildman–Crippen MR) is 124 cm³/mol. The number of para-hydroxylation sites is 1. The molecule has 0 aliphatic rings. The van der Waals surface area contributed by atoms with Gasteiger partial charge in [0.25, 0.3) is 11.5 Å².